The molecule has 0 radical (unpaired) electrons. The highest BCUT2D eigenvalue weighted by molar-refractivity contribution is 8.24. The van der Waals surface area contributed by atoms with Crippen LogP contribution in [0, 0.1) is 17.2 Å². The molecule has 8 nitrogen and oxygen atoms in total. The van der Waals surface area contributed by atoms with Crippen LogP contribution in [0.4, 0.5) is 24.7 Å². The number of alkyl halides is 3. The van der Waals surface area contributed by atoms with Gasteiger partial charge in [-0.2, -0.15) is 34.1 Å². The van der Waals surface area contributed by atoms with Gasteiger partial charge < -0.3 is 11.1 Å². The molecular formula is C17H18F3N5O3S. The summed E-state index contributed by atoms with van der Waals surface area (Å²) in [6, 6.07) is 5.70. The zero-order valence-electron chi connectivity index (χ0n) is 14.9. The number of anilines is 2. The average molecular weight is 429 g/mol. The molecule has 1 amide bonds. The molecule has 3 rings (SSSR count). The molecule has 1 aliphatic rings. The molecule has 2 heterocycles. The van der Waals surface area contributed by atoms with Crippen molar-refractivity contribution in [2.24, 2.45) is 11.7 Å². The Morgan fingerprint density at radius 3 is 2.55 bits per heavy atom. The van der Waals surface area contributed by atoms with Crippen LogP contribution in [0.2, 0.25) is 0 Å². The Hall–Kier alpha value is -2.75. The van der Waals surface area contributed by atoms with E-state index in [0.29, 0.717) is 0 Å². The lowest BCUT2D eigenvalue weighted by molar-refractivity contribution is -0.137. The number of aromatic nitrogens is 2. The fourth-order valence-electron chi connectivity index (χ4n) is 3.15. The summed E-state index contributed by atoms with van der Waals surface area (Å²) in [6.07, 6.45) is -2.86. The maximum absolute atomic E-state index is 12.7. The van der Waals surface area contributed by atoms with Crippen LogP contribution in [0.15, 0.2) is 30.5 Å². The van der Waals surface area contributed by atoms with Gasteiger partial charge in [0.15, 0.2) is 5.82 Å². The number of rotatable bonds is 4. The lowest BCUT2D eigenvalue weighted by Gasteiger charge is -2.41. The first-order valence-corrected chi connectivity index (χ1v) is 10.3. The van der Waals surface area contributed by atoms with Gasteiger partial charge in [0.25, 0.3) is 5.91 Å². The second-order valence-corrected chi connectivity index (χ2v) is 9.05. The summed E-state index contributed by atoms with van der Waals surface area (Å²) in [5, 5.41) is 16.4. The highest BCUT2D eigenvalue weighted by Crippen LogP contribution is 2.49. The molecule has 2 atom stereocenters. The number of nitrogens with one attached hydrogen (secondary N) is 1. The summed E-state index contributed by atoms with van der Waals surface area (Å²) in [5.74, 6) is -1.50. The van der Waals surface area contributed by atoms with Crippen LogP contribution in [-0.2, 0) is 6.18 Å². The van der Waals surface area contributed by atoms with Gasteiger partial charge in [0, 0.05) is 17.6 Å². The Labute approximate surface area is 165 Å². The lowest BCUT2D eigenvalue weighted by atomic mass is 10.0. The molecule has 1 aromatic heterocycles. The van der Waals surface area contributed by atoms with Gasteiger partial charge in [-0.05, 0) is 30.7 Å². The van der Waals surface area contributed by atoms with Crippen LogP contribution in [0.5, 0.6) is 0 Å². The molecule has 2 aromatic rings. The maximum atomic E-state index is 12.7. The molecule has 1 saturated heterocycles. The highest BCUT2D eigenvalue weighted by atomic mass is 32.3. The van der Waals surface area contributed by atoms with Gasteiger partial charge in [-0.15, -0.1) is 0 Å². The van der Waals surface area contributed by atoms with Crippen molar-refractivity contribution in [1.29, 1.82) is 5.26 Å². The number of halogens is 3. The Balaban J connectivity index is 1.88. The van der Waals surface area contributed by atoms with Crippen molar-refractivity contribution in [3.8, 4) is 6.07 Å². The van der Waals surface area contributed by atoms with E-state index in [1.165, 1.54) is 23.0 Å². The van der Waals surface area contributed by atoms with Crippen molar-refractivity contribution in [1.82, 2.24) is 9.78 Å². The van der Waals surface area contributed by atoms with Crippen molar-refractivity contribution in [3.63, 3.8) is 0 Å². The monoisotopic (exact) mass is 429 g/mol. The van der Waals surface area contributed by atoms with Crippen molar-refractivity contribution in [3.05, 3.63) is 41.6 Å². The van der Waals surface area contributed by atoms with Gasteiger partial charge in [-0.25, -0.2) is 0 Å². The van der Waals surface area contributed by atoms with E-state index >= 15 is 0 Å². The molecule has 0 saturated carbocycles. The third kappa shape index (κ3) is 4.64. The molecule has 156 valence electrons. The third-order valence-electron chi connectivity index (χ3n) is 4.63. The van der Waals surface area contributed by atoms with Gasteiger partial charge >= 0.3 is 6.18 Å². The molecule has 0 spiro atoms. The molecule has 1 aliphatic heterocycles. The van der Waals surface area contributed by atoms with Crippen LogP contribution in [0.1, 0.15) is 28.4 Å². The molecule has 12 heteroatoms. The Bertz CT molecular complexity index is 953. The van der Waals surface area contributed by atoms with Gasteiger partial charge in [0.05, 0.1) is 29.3 Å². The van der Waals surface area contributed by atoms with E-state index in [-0.39, 0.29) is 35.0 Å². The lowest BCUT2D eigenvalue weighted by Crippen LogP contribution is -2.31. The van der Waals surface area contributed by atoms with E-state index < -0.39 is 40.2 Å². The van der Waals surface area contributed by atoms with E-state index in [1.807, 2.05) is 6.07 Å². The van der Waals surface area contributed by atoms with E-state index in [1.54, 1.807) is 0 Å². The number of hydrogen-bond acceptors (Lipinski definition) is 6. The summed E-state index contributed by atoms with van der Waals surface area (Å²) >= 11 is 0. The van der Waals surface area contributed by atoms with Gasteiger partial charge in [-0.3, -0.25) is 18.6 Å². The summed E-state index contributed by atoms with van der Waals surface area (Å²) < 4.78 is 59.2. The topological polar surface area (TPSA) is 137 Å². The Kier molecular flexibility index (Phi) is 5.48. The molecule has 29 heavy (non-hydrogen) atoms. The number of carbonyl (C=O) groups is 1. The van der Waals surface area contributed by atoms with Gasteiger partial charge in [-0.1, -0.05) is 0 Å². The first-order valence-electron chi connectivity index (χ1n) is 8.46. The number of hydrogen-bond donors (Lipinski definition) is 4. The minimum absolute atomic E-state index is 0.00114. The number of nitrogens with two attached hydrogens (primary N) is 1. The second-order valence-electron chi connectivity index (χ2n) is 6.70. The zero-order valence-corrected chi connectivity index (χ0v) is 15.7. The van der Waals surface area contributed by atoms with E-state index in [4.69, 9.17) is 5.73 Å². The summed E-state index contributed by atoms with van der Waals surface area (Å²) in [7, 11) is -2.83. The molecule has 1 fully saturated rings. The fraction of sp³-hybridized carbons (Fsp3) is 0.353. The first kappa shape index (κ1) is 21.0. The first-order chi connectivity index (χ1) is 13.5. The number of carbonyl (C=O) groups excluding carboxylic acids is 1. The fourth-order valence-corrected chi connectivity index (χ4v) is 4.80. The molecule has 1 aromatic carbocycles. The number of amides is 1. The van der Waals surface area contributed by atoms with Crippen molar-refractivity contribution in [2.45, 2.75) is 18.6 Å². The zero-order chi connectivity index (χ0) is 21.4. The number of primary amides is 1. The maximum Gasteiger partial charge on any atom is 0.416 e. The molecule has 0 unspecified atom stereocenters. The predicted molar refractivity (Wildman–Crippen MR) is 101 cm³/mol. The molecule has 0 bridgehead atoms. The van der Waals surface area contributed by atoms with E-state index in [2.05, 4.69) is 10.4 Å². The van der Waals surface area contributed by atoms with Crippen LogP contribution >= 0.6 is 10.6 Å². The summed E-state index contributed by atoms with van der Waals surface area (Å²) in [5.41, 5.74) is 4.83. The van der Waals surface area contributed by atoms with Crippen molar-refractivity contribution in [2.75, 3.05) is 16.8 Å². The van der Waals surface area contributed by atoms with Crippen LogP contribution < -0.4 is 11.1 Å². The van der Waals surface area contributed by atoms with Crippen LogP contribution in [0.25, 0.3) is 0 Å². The minimum Gasteiger partial charge on any atom is -0.365 e. The molecular weight excluding hydrogens is 411 g/mol. The van der Waals surface area contributed by atoms with Crippen LogP contribution in [-0.4, -0.2) is 36.3 Å². The average Bonchev–Trinajstić information content (AvgIpc) is 3.04. The normalized spacial score (nSPS) is 22.5. The van der Waals surface area contributed by atoms with Crippen LogP contribution in [0.3, 0.4) is 0 Å². The number of nitrogens with zero attached hydrogens (tertiary/aromatic N) is 3. The van der Waals surface area contributed by atoms with Crippen molar-refractivity contribution < 1.29 is 27.1 Å². The third-order valence-corrected chi connectivity index (χ3v) is 6.41. The summed E-state index contributed by atoms with van der Waals surface area (Å²) in [6.45, 7) is 0. The smallest absolute Gasteiger partial charge is 0.365 e. The number of nitriles is 1. The standard InChI is InChI=1S/C17H18F3N5O3S/c18-17(19,20)11-1-3-12(4-2-11)23-16-13(15(22)26)8-25(24-16)14-5-6-29(27,28)9-10(14)7-21/h1-4,8,10,14,27-28H,5-6,9H2,(H2,22,26)(H,23,24)/t10-,14+/m0/s1. The van der Waals surface area contributed by atoms with Crippen molar-refractivity contribution >= 4 is 28.0 Å². The highest BCUT2D eigenvalue weighted by Gasteiger charge is 2.36. The Morgan fingerprint density at radius 1 is 1.34 bits per heavy atom. The second kappa shape index (κ2) is 7.58. The van der Waals surface area contributed by atoms with Gasteiger partial charge in [0.2, 0.25) is 0 Å². The SMILES string of the molecule is N#C[C@H]1CS(O)(O)CC[C@H]1n1cc(C(N)=O)c(Nc2ccc(C(F)(F)F)cc2)n1. The Morgan fingerprint density at radius 2 is 2.00 bits per heavy atom. The molecule has 5 N–H and O–H groups in total. The van der Waals surface area contributed by atoms with Gasteiger partial charge in [0.1, 0.15) is 5.56 Å². The largest absolute Gasteiger partial charge is 0.416 e. The number of benzene rings is 1. The summed E-state index contributed by atoms with van der Waals surface area (Å²) in [4.78, 5) is 11.8. The minimum atomic E-state index is -4.47. The predicted octanol–water partition coefficient (Wildman–Crippen LogP) is 3.58. The molecule has 0 aliphatic carbocycles. The van der Waals surface area contributed by atoms with E-state index in [9.17, 15) is 32.3 Å². The van der Waals surface area contributed by atoms with E-state index in [0.717, 1.165) is 12.1 Å². The quantitative estimate of drug-likeness (QED) is 0.586.